The van der Waals surface area contributed by atoms with Crippen molar-refractivity contribution < 1.29 is 18.7 Å². The van der Waals surface area contributed by atoms with Gasteiger partial charge in [0.1, 0.15) is 29.8 Å². The largest absolute Gasteiger partial charge is 0.489 e. The Hall–Kier alpha value is -2.88. The molecule has 150 valence electrons. The molecule has 5 nitrogen and oxygen atoms in total. The Bertz CT molecular complexity index is 929. The molecule has 2 aromatic rings. The summed E-state index contributed by atoms with van der Waals surface area (Å²) in [6.07, 6.45) is 3.36. The molecule has 1 heterocycles. The molecule has 3 rings (SSSR count). The summed E-state index contributed by atoms with van der Waals surface area (Å²) in [7, 11) is 0. The van der Waals surface area contributed by atoms with Gasteiger partial charge in [-0.3, -0.25) is 4.79 Å². The SMILES string of the molecule is N#C/C(=C\c1cccc(OCc2c(F)cccc2Cl)c1)C(=O)NC[C@H]1CCCO1. The van der Waals surface area contributed by atoms with Crippen LogP contribution in [0.15, 0.2) is 48.0 Å². The van der Waals surface area contributed by atoms with E-state index in [2.05, 4.69) is 5.32 Å². The molecule has 1 saturated heterocycles. The number of nitrogens with one attached hydrogen (secondary N) is 1. The summed E-state index contributed by atoms with van der Waals surface area (Å²) in [4.78, 5) is 12.3. The fraction of sp³-hybridized carbons (Fsp3) is 0.273. The van der Waals surface area contributed by atoms with Gasteiger partial charge in [-0.05, 0) is 48.7 Å². The second-order valence-electron chi connectivity index (χ2n) is 6.58. The topological polar surface area (TPSA) is 71.3 Å². The number of hydrogen-bond acceptors (Lipinski definition) is 4. The zero-order chi connectivity index (χ0) is 20.6. The van der Waals surface area contributed by atoms with E-state index in [4.69, 9.17) is 21.1 Å². The summed E-state index contributed by atoms with van der Waals surface area (Å²) in [5.41, 5.74) is 0.865. The highest BCUT2D eigenvalue weighted by Gasteiger charge is 2.17. The molecule has 0 unspecified atom stereocenters. The fourth-order valence-electron chi connectivity index (χ4n) is 2.94. The van der Waals surface area contributed by atoms with Crippen molar-refractivity contribution in [1.29, 1.82) is 5.26 Å². The van der Waals surface area contributed by atoms with Gasteiger partial charge in [0.15, 0.2) is 0 Å². The highest BCUT2D eigenvalue weighted by Crippen LogP contribution is 2.22. The van der Waals surface area contributed by atoms with Gasteiger partial charge in [-0.25, -0.2) is 4.39 Å². The molecule has 2 aromatic carbocycles. The highest BCUT2D eigenvalue weighted by molar-refractivity contribution is 6.31. The highest BCUT2D eigenvalue weighted by atomic mass is 35.5. The van der Waals surface area contributed by atoms with Crippen molar-refractivity contribution in [1.82, 2.24) is 5.32 Å². The van der Waals surface area contributed by atoms with Crippen LogP contribution >= 0.6 is 11.6 Å². The van der Waals surface area contributed by atoms with Crippen LogP contribution in [0.3, 0.4) is 0 Å². The zero-order valence-electron chi connectivity index (χ0n) is 15.7. The lowest BCUT2D eigenvalue weighted by Gasteiger charge is -2.11. The molecule has 1 amide bonds. The second-order valence-corrected chi connectivity index (χ2v) is 6.98. The third-order valence-electron chi connectivity index (χ3n) is 4.49. The van der Waals surface area contributed by atoms with E-state index < -0.39 is 11.7 Å². The van der Waals surface area contributed by atoms with Gasteiger partial charge in [-0.15, -0.1) is 0 Å². The molecule has 0 radical (unpaired) electrons. The van der Waals surface area contributed by atoms with Crippen molar-refractivity contribution in [3.8, 4) is 11.8 Å². The third kappa shape index (κ3) is 5.80. The van der Waals surface area contributed by atoms with Crippen molar-refractivity contribution in [2.75, 3.05) is 13.2 Å². The van der Waals surface area contributed by atoms with Crippen LogP contribution in [-0.4, -0.2) is 25.2 Å². The van der Waals surface area contributed by atoms with Crippen LogP contribution in [0.2, 0.25) is 5.02 Å². The zero-order valence-corrected chi connectivity index (χ0v) is 16.4. The van der Waals surface area contributed by atoms with Crippen LogP contribution in [0.25, 0.3) is 6.08 Å². The Labute approximate surface area is 173 Å². The summed E-state index contributed by atoms with van der Waals surface area (Å²) in [6.45, 7) is 1.04. The molecule has 29 heavy (non-hydrogen) atoms. The lowest BCUT2D eigenvalue weighted by molar-refractivity contribution is -0.117. The fourth-order valence-corrected chi connectivity index (χ4v) is 3.16. The predicted octanol–water partition coefficient (Wildman–Crippen LogP) is 4.26. The molecule has 1 aliphatic rings. The molecule has 0 bridgehead atoms. The molecule has 0 saturated carbocycles. The molecule has 1 N–H and O–H groups in total. The van der Waals surface area contributed by atoms with Crippen molar-refractivity contribution in [3.63, 3.8) is 0 Å². The van der Waals surface area contributed by atoms with Crippen LogP contribution in [0.4, 0.5) is 4.39 Å². The average Bonchev–Trinajstić information content (AvgIpc) is 3.24. The van der Waals surface area contributed by atoms with Crippen molar-refractivity contribution in [3.05, 3.63) is 70.0 Å². The third-order valence-corrected chi connectivity index (χ3v) is 4.85. The number of hydrogen-bond donors (Lipinski definition) is 1. The van der Waals surface area contributed by atoms with Crippen LogP contribution in [-0.2, 0) is 16.1 Å². The number of ether oxygens (including phenoxy) is 2. The monoisotopic (exact) mass is 414 g/mol. The van der Waals surface area contributed by atoms with Gasteiger partial charge in [-0.2, -0.15) is 5.26 Å². The Balaban J connectivity index is 1.65. The van der Waals surface area contributed by atoms with E-state index in [1.807, 2.05) is 6.07 Å². The Morgan fingerprint density at radius 1 is 1.38 bits per heavy atom. The van der Waals surface area contributed by atoms with Gasteiger partial charge in [0.25, 0.3) is 5.91 Å². The maximum atomic E-state index is 13.9. The predicted molar refractivity (Wildman–Crippen MR) is 108 cm³/mol. The number of nitrogens with zero attached hydrogens (tertiary/aromatic N) is 1. The minimum absolute atomic E-state index is 0.000766. The number of benzene rings is 2. The van der Waals surface area contributed by atoms with E-state index in [-0.39, 0.29) is 28.9 Å². The van der Waals surface area contributed by atoms with E-state index in [9.17, 15) is 14.4 Å². The van der Waals surface area contributed by atoms with Crippen LogP contribution in [0, 0.1) is 17.1 Å². The van der Waals surface area contributed by atoms with Crippen LogP contribution in [0.1, 0.15) is 24.0 Å². The smallest absolute Gasteiger partial charge is 0.262 e. The number of carbonyl (C=O) groups is 1. The Morgan fingerprint density at radius 3 is 2.93 bits per heavy atom. The molecule has 7 heteroatoms. The Morgan fingerprint density at radius 2 is 2.21 bits per heavy atom. The van der Waals surface area contributed by atoms with E-state index >= 15 is 0 Å². The first-order valence-electron chi connectivity index (χ1n) is 9.24. The molecule has 1 aliphatic heterocycles. The first kappa shape index (κ1) is 20.8. The first-order chi connectivity index (χ1) is 14.1. The van der Waals surface area contributed by atoms with E-state index in [1.54, 1.807) is 30.3 Å². The maximum absolute atomic E-state index is 13.9. The van der Waals surface area contributed by atoms with Gasteiger partial charge >= 0.3 is 0 Å². The number of nitriles is 1. The summed E-state index contributed by atoms with van der Waals surface area (Å²) in [5, 5.41) is 12.3. The lowest BCUT2D eigenvalue weighted by Crippen LogP contribution is -2.32. The number of rotatable bonds is 7. The van der Waals surface area contributed by atoms with Crippen molar-refractivity contribution >= 4 is 23.6 Å². The Kier molecular flexibility index (Phi) is 7.23. The van der Waals surface area contributed by atoms with Crippen molar-refractivity contribution in [2.24, 2.45) is 0 Å². The van der Waals surface area contributed by atoms with Gasteiger partial charge in [-0.1, -0.05) is 29.8 Å². The summed E-state index contributed by atoms with van der Waals surface area (Å²) < 4.78 is 25.0. The summed E-state index contributed by atoms with van der Waals surface area (Å²) in [6, 6.07) is 13.2. The molecule has 0 aromatic heterocycles. The van der Waals surface area contributed by atoms with Gasteiger partial charge in [0.2, 0.25) is 0 Å². The van der Waals surface area contributed by atoms with Crippen LogP contribution < -0.4 is 10.1 Å². The molecule has 1 atom stereocenters. The minimum Gasteiger partial charge on any atom is -0.489 e. The van der Waals surface area contributed by atoms with Gasteiger partial charge in [0, 0.05) is 18.7 Å². The molecule has 0 spiro atoms. The van der Waals surface area contributed by atoms with Gasteiger partial charge < -0.3 is 14.8 Å². The number of halogens is 2. The first-order valence-corrected chi connectivity index (χ1v) is 9.62. The van der Waals surface area contributed by atoms with Gasteiger partial charge in [0.05, 0.1) is 11.1 Å². The molecular weight excluding hydrogens is 395 g/mol. The maximum Gasteiger partial charge on any atom is 0.262 e. The summed E-state index contributed by atoms with van der Waals surface area (Å²) in [5.74, 6) is -0.425. The number of carbonyl (C=O) groups excluding carboxylic acids is 1. The molecular formula is C22H20ClFN2O3. The minimum atomic E-state index is -0.451. The van der Waals surface area contributed by atoms with E-state index in [0.717, 1.165) is 12.8 Å². The average molecular weight is 415 g/mol. The normalized spacial score (nSPS) is 16.3. The molecule has 0 aliphatic carbocycles. The van der Waals surface area contributed by atoms with Crippen LogP contribution in [0.5, 0.6) is 5.75 Å². The second kappa shape index (κ2) is 10.1. The quantitative estimate of drug-likeness (QED) is 0.542. The van der Waals surface area contributed by atoms with E-state index in [0.29, 0.717) is 24.5 Å². The van der Waals surface area contributed by atoms with Crippen molar-refractivity contribution in [2.45, 2.75) is 25.6 Å². The lowest BCUT2D eigenvalue weighted by atomic mass is 10.1. The number of amides is 1. The standard InChI is InChI=1S/C22H20ClFN2O3/c23-20-7-2-8-21(24)19(20)14-29-17-5-1-4-15(11-17)10-16(12-25)22(27)26-13-18-6-3-9-28-18/h1-2,4-5,7-8,10-11,18H,3,6,9,13-14H2,(H,26,27)/b16-10+/t18-/m1/s1. The summed E-state index contributed by atoms with van der Waals surface area (Å²) >= 11 is 6.01. The van der Waals surface area contributed by atoms with E-state index in [1.165, 1.54) is 18.2 Å². The molecule has 1 fully saturated rings.